The maximum atomic E-state index is 13.6. The van der Waals surface area contributed by atoms with Gasteiger partial charge in [-0.25, -0.2) is 4.99 Å². The van der Waals surface area contributed by atoms with E-state index in [0.717, 1.165) is 43.2 Å². The van der Waals surface area contributed by atoms with Crippen LogP contribution in [0.25, 0.3) is 0 Å². The number of likely N-dealkylation sites (N-methyl/N-ethyl adjacent to an activating group) is 1. The molecule has 1 heterocycles. The van der Waals surface area contributed by atoms with Crippen molar-refractivity contribution in [1.82, 2.24) is 4.90 Å². The molecule has 0 unspecified atom stereocenters. The predicted octanol–water partition coefficient (Wildman–Crippen LogP) is 2.56. The number of fused-ring (bicyclic) bond motifs is 3. The third-order valence-electron chi connectivity index (χ3n) is 7.26. The molecule has 4 aliphatic rings. The number of methoxy groups -OCH3 is 1. The highest BCUT2D eigenvalue weighted by atomic mass is 16.5. The fourth-order valence-electron chi connectivity index (χ4n) is 5.42. The molecular weight excluding hydrogens is 350 g/mol. The molecule has 1 aliphatic heterocycles. The molecular formula is C23H27N3O2. The van der Waals surface area contributed by atoms with E-state index >= 15 is 0 Å². The van der Waals surface area contributed by atoms with Crippen LogP contribution < -0.4 is 5.73 Å². The Hall–Kier alpha value is -2.32. The monoisotopic (exact) mass is 377 g/mol. The van der Waals surface area contributed by atoms with Crippen molar-refractivity contribution in [3.63, 3.8) is 0 Å². The van der Waals surface area contributed by atoms with Crippen LogP contribution in [0.2, 0.25) is 0 Å². The largest absolute Gasteiger partial charge is 0.381 e. The maximum Gasteiger partial charge on any atom is 0.262 e. The molecule has 1 aromatic rings. The minimum absolute atomic E-state index is 0.00641. The first-order valence-corrected chi connectivity index (χ1v) is 10.3. The Balaban J connectivity index is 1.63. The van der Waals surface area contributed by atoms with Gasteiger partial charge in [0.1, 0.15) is 0 Å². The summed E-state index contributed by atoms with van der Waals surface area (Å²) in [6.45, 7) is 0. The summed E-state index contributed by atoms with van der Waals surface area (Å²) in [5.41, 5.74) is 8.25. The molecule has 146 valence electrons. The molecule has 1 amide bonds. The second-order valence-corrected chi connectivity index (χ2v) is 8.85. The highest BCUT2D eigenvalue weighted by Crippen LogP contribution is 2.61. The van der Waals surface area contributed by atoms with Crippen LogP contribution in [0.15, 0.2) is 23.2 Å². The van der Waals surface area contributed by atoms with Crippen LogP contribution in [0, 0.1) is 23.2 Å². The van der Waals surface area contributed by atoms with Gasteiger partial charge in [-0.1, -0.05) is 17.9 Å². The van der Waals surface area contributed by atoms with Crippen molar-refractivity contribution in [1.29, 1.82) is 0 Å². The van der Waals surface area contributed by atoms with Gasteiger partial charge in [-0.05, 0) is 68.2 Å². The van der Waals surface area contributed by atoms with Gasteiger partial charge in [-0.3, -0.25) is 9.69 Å². The SMILES string of the molecule is COC1CCC2(CC1)Cc1ccc(C#CC3CC3)cc1[C@@]21N=C(N)N(C)C1=O. The van der Waals surface area contributed by atoms with E-state index < -0.39 is 5.54 Å². The molecule has 1 aromatic carbocycles. The van der Waals surface area contributed by atoms with E-state index in [0.29, 0.717) is 11.9 Å². The van der Waals surface area contributed by atoms with Gasteiger partial charge in [0.15, 0.2) is 11.5 Å². The topological polar surface area (TPSA) is 67.9 Å². The number of carbonyl (C=O) groups excluding carboxylic acids is 1. The first-order chi connectivity index (χ1) is 13.5. The van der Waals surface area contributed by atoms with Crippen LogP contribution in [0.4, 0.5) is 0 Å². The van der Waals surface area contributed by atoms with Crippen molar-refractivity contribution < 1.29 is 9.53 Å². The number of rotatable bonds is 1. The fraction of sp³-hybridized carbons (Fsp3) is 0.565. The molecule has 1 atom stereocenters. The number of nitrogens with zero attached hydrogens (tertiary/aromatic N) is 2. The zero-order chi connectivity index (χ0) is 19.5. The smallest absolute Gasteiger partial charge is 0.262 e. The maximum absolute atomic E-state index is 13.6. The molecule has 0 aromatic heterocycles. The first kappa shape index (κ1) is 17.8. The molecule has 2 fully saturated rings. The molecule has 5 rings (SSSR count). The van der Waals surface area contributed by atoms with Crippen LogP contribution in [0.1, 0.15) is 55.2 Å². The Labute approximate surface area is 166 Å². The van der Waals surface area contributed by atoms with Crippen molar-refractivity contribution >= 4 is 11.9 Å². The summed E-state index contributed by atoms with van der Waals surface area (Å²) >= 11 is 0. The molecule has 0 radical (unpaired) electrons. The van der Waals surface area contributed by atoms with Crippen LogP contribution in [0.3, 0.4) is 0 Å². The van der Waals surface area contributed by atoms with Gasteiger partial charge in [-0.15, -0.1) is 0 Å². The van der Waals surface area contributed by atoms with Gasteiger partial charge in [0, 0.05) is 31.1 Å². The minimum Gasteiger partial charge on any atom is -0.381 e. The number of carbonyl (C=O) groups is 1. The van der Waals surface area contributed by atoms with Crippen LogP contribution in [0.5, 0.6) is 0 Å². The summed E-state index contributed by atoms with van der Waals surface area (Å²) in [6.07, 6.45) is 7.28. The van der Waals surface area contributed by atoms with E-state index in [1.807, 2.05) is 0 Å². The molecule has 0 bridgehead atoms. The lowest BCUT2D eigenvalue weighted by Gasteiger charge is -2.45. The summed E-state index contributed by atoms with van der Waals surface area (Å²) < 4.78 is 5.60. The number of guanidine groups is 1. The van der Waals surface area contributed by atoms with Crippen molar-refractivity contribution in [2.24, 2.45) is 22.1 Å². The van der Waals surface area contributed by atoms with Crippen LogP contribution >= 0.6 is 0 Å². The van der Waals surface area contributed by atoms with Gasteiger partial charge >= 0.3 is 0 Å². The zero-order valence-corrected chi connectivity index (χ0v) is 16.6. The number of hydrogen-bond acceptors (Lipinski definition) is 4. The quantitative estimate of drug-likeness (QED) is 0.765. The van der Waals surface area contributed by atoms with E-state index in [4.69, 9.17) is 15.5 Å². The van der Waals surface area contributed by atoms with Crippen molar-refractivity contribution in [2.75, 3.05) is 14.2 Å². The summed E-state index contributed by atoms with van der Waals surface area (Å²) in [7, 11) is 3.51. The lowest BCUT2D eigenvalue weighted by atomic mass is 9.61. The zero-order valence-electron chi connectivity index (χ0n) is 16.6. The molecule has 2 saturated carbocycles. The normalized spacial score (nSPS) is 33.8. The van der Waals surface area contributed by atoms with Crippen LogP contribution in [-0.2, 0) is 21.5 Å². The summed E-state index contributed by atoms with van der Waals surface area (Å²) in [6, 6.07) is 6.36. The molecule has 5 heteroatoms. The Morgan fingerprint density at radius 1 is 1.25 bits per heavy atom. The third-order valence-corrected chi connectivity index (χ3v) is 7.26. The molecule has 0 saturated heterocycles. The van der Waals surface area contributed by atoms with Crippen molar-refractivity contribution in [3.8, 4) is 11.8 Å². The lowest BCUT2D eigenvalue weighted by molar-refractivity contribution is -0.137. The number of hydrogen-bond donors (Lipinski definition) is 1. The minimum atomic E-state index is -0.906. The Kier molecular flexibility index (Phi) is 3.86. The second-order valence-electron chi connectivity index (χ2n) is 8.85. The first-order valence-electron chi connectivity index (χ1n) is 10.3. The van der Waals surface area contributed by atoms with Crippen molar-refractivity contribution in [2.45, 2.75) is 56.6 Å². The van der Waals surface area contributed by atoms with E-state index in [1.165, 1.54) is 23.3 Å². The fourth-order valence-corrected chi connectivity index (χ4v) is 5.42. The molecule has 2 N–H and O–H groups in total. The van der Waals surface area contributed by atoms with Gasteiger partial charge < -0.3 is 10.5 Å². The average Bonchev–Trinajstić information content (AvgIpc) is 3.47. The standard InChI is InChI=1S/C23H27N3O2/c1-26-20(27)23(25-21(26)24)19-13-16(6-5-15-3-4-15)7-8-17(19)14-22(23)11-9-18(28-2)10-12-22/h7-8,13,15,18H,3-4,9-12,14H2,1-2H3,(H2,24,25)/t18?,22?,23-/m0/s1. The van der Waals surface area contributed by atoms with E-state index in [2.05, 4.69) is 30.0 Å². The molecule has 5 nitrogen and oxygen atoms in total. The summed E-state index contributed by atoms with van der Waals surface area (Å²) in [4.78, 5) is 20.0. The number of ether oxygens (including phenoxy) is 1. The van der Waals surface area contributed by atoms with E-state index in [1.54, 1.807) is 14.2 Å². The van der Waals surface area contributed by atoms with Gasteiger partial charge in [-0.2, -0.15) is 0 Å². The average molecular weight is 377 g/mol. The number of benzene rings is 1. The highest BCUT2D eigenvalue weighted by Gasteiger charge is 2.66. The Morgan fingerprint density at radius 2 is 2.00 bits per heavy atom. The number of aliphatic imine (C=N–C) groups is 1. The highest BCUT2D eigenvalue weighted by molar-refractivity contribution is 6.08. The van der Waals surface area contributed by atoms with E-state index in [9.17, 15) is 4.79 Å². The van der Waals surface area contributed by atoms with Gasteiger partial charge in [0.2, 0.25) is 0 Å². The van der Waals surface area contributed by atoms with Gasteiger partial charge in [0.05, 0.1) is 6.10 Å². The summed E-state index contributed by atoms with van der Waals surface area (Å²) in [5.74, 6) is 7.52. The number of amides is 1. The molecule has 28 heavy (non-hydrogen) atoms. The summed E-state index contributed by atoms with van der Waals surface area (Å²) in [5, 5.41) is 0. The molecule has 3 aliphatic carbocycles. The lowest BCUT2D eigenvalue weighted by Crippen LogP contribution is -2.51. The van der Waals surface area contributed by atoms with Gasteiger partial charge in [0.25, 0.3) is 5.91 Å². The second kappa shape index (κ2) is 6.09. The van der Waals surface area contributed by atoms with Crippen molar-refractivity contribution in [3.05, 3.63) is 34.9 Å². The Morgan fingerprint density at radius 3 is 2.61 bits per heavy atom. The predicted molar refractivity (Wildman–Crippen MR) is 108 cm³/mol. The third kappa shape index (κ3) is 2.37. The van der Waals surface area contributed by atoms with Crippen LogP contribution in [-0.4, -0.2) is 37.0 Å². The number of nitrogens with two attached hydrogens (primary N) is 1. The Bertz CT molecular complexity index is 929. The van der Waals surface area contributed by atoms with E-state index in [-0.39, 0.29) is 17.4 Å². The molecule has 2 spiro atoms.